The lowest BCUT2D eigenvalue weighted by molar-refractivity contribution is 0.0291. The van der Waals surface area contributed by atoms with Crippen molar-refractivity contribution in [2.24, 2.45) is 5.92 Å². The Morgan fingerprint density at radius 1 is 1.18 bits per heavy atom. The van der Waals surface area contributed by atoms with Crippen molar-refractivity contribution in [2.75, 3.05) is 32.8 Å². The number of carbonyl (C=O) groups excluding carboxylic acids is 1. The van der Waals surface area contributed by atoms with E-state index >= 15 is 0 Å². The lowest BCUT2D eigenvalue weighted by Gasteiger charge is -2.33. The molecule has 4 nitrogen and oxygen atoms in total. The molecule has 2 aromatic rings. The number of Topliss-reactive ketones (excluding diaryl/α,β-unsaturated/α-hetero) is 1. The first-order valence-electron chi connectivity index (χ1n) is 10.2. The van der Waals surface area contributed by atoms with E-state index < -0.39 is 0 Å². The van der Waals surface area contributed by atoms with E-state index in [0.29, 0.717) is 0 Å². The Bertz CT molecular complexity index is 873. The van der Waals surface area contributed by atoms with Gasteiger partial charge in [-0.3, -0.25) is 14.7 Å². The van der Waals surface area contributed by atoms with Gasteiger partial charge in [-0.2, -0.15) is 0 Å². The zero-order valence-corrected chi connectivity index (χ0v) is 16.6. The highest BCUT2D eigenvalue weighted by atomic mass is 19.1. The van der Waals surface area contributed by atoms with Gasteiger partial charge in [-0.15, -0.1) is 0 Å². The van der Waals surface area contributed by atoms with Crippen molar-refractivity contribution in [2.45, 2.75) is 33.1 Å². The fourth-order valence-electron chi connectivity index (χ4n) is 4.57. The Hall–Kier alpha value is -2.11. The van der Waals surface area contributed by atoms with Crippen LogP contribution in [0.3, 0.4) is 0 Å². The third-order valence-corrected chi connectivity index (χ3v) is 5.97. The van der Waals surface area contributed by atoms with Gasteiger partial charge in [0.15, 0.2) is 5.78 Å². The van der Waals surface area contributed by atoms with Crippen LogP contribution in [0.15, 0.2) is 24.3 Å². The second-order valence-electron chi connectivity index (χ2n) is 7.75. The summed E-state index contributed by atoms with van der Waals surface area (Å²) in [6.45, 7) is 8.14. The van der Waals surface area contributed by atoms with Crippen molar-refractivity contribution in [1.29, 1.82) is 0 Å². The summed E-state index contributed by atoms with van der Waals surface area (Å²) in [5.41, 5.74) is 5.64. The van der Waals surface area contributed by atoms with Crippen molar-refractivity contribution in [3.8, 4) is 11.1 Å². The second-order valence-corrected chi connectivity index (χ2v) is 7.75. The first-order chi connectivity index (χ1) is 13.6. The lowest BCUT2D eigenvalue weighted by atomic mass is 9.79. The predicted octanol–water partition coefficient (Wildman–Crippen LogP) is 3.84. The molecule has 1 atom stereocenters. The summed E-state index contributed by atoms with van der Waals surface area (Å²) in [4.78, 5) is 20.6. The minimum Gasteiger partial charge on any atom is -0.379 e. The fourth-order valence-corrected chi connectivity index (χ4v) is 4.57. The monoisotopic (exact) mass is 382 g/mol. The maximum absolute atomic E-state index is 13.5. The van der Waals surface area contributed by atoms with Crippen LogP contribution in [-0.4, -0.2) is 48.5 Å². The summed E-state index contributed by atoms with van der Waals surface area (Å²) in [7, 11) is 0. The van der Waals surface area contributed by atoms with E-state index in [0.717, 1.165) is 85.8 Å². The number of ether oxygens (including phenoxy) is 1. The number of hydrogen-bond donors (Lipinski definition) is 0. The van der Waals surface area contributed by atoms with Crippen molar-refractivity contribution in [3.05, 3.63) is 52.6 Å². The lowest BCUT2D eigenvalue weighted by Crippen LogP contribution is -2.42. The number of aryl methyl sites for hydroxylation is 2. The number of morpholine rings is 1. The summed E-state index contributed by atoms with van der Waals surface area (Å²) < 4.78 is 18.8. The van der Waals surface area contributed by atoms with Gasteiger partial charge < -0.3 is 4.74 Å². The third-order valence-electron chi connectivity index (χ3n) is 5.97. The quantitative estimate of drug-likeness (QED) is 0.806. The van der Waals surface area contributed by atoms with Gasteiger partial charge in [0, 0.05) is 42.4 Å². The molecule has 28 heavy (non-hydrogen) atoms. The molecule has 1 aromatic carbocycles. The number of carbonyl (C=O) groups is 1. The number of pyridine rings is 1. The van der Waals surface area contributed by atoms with Crippen LogP contribution in [-0.2, 0) is 17.6 Å². The molecule has 1 aliphatic carbocycles. The molecule has 148 valence electrons. The number of nitrogens with zero attached hydrogens (tertiary/aromatic N) is 2. The molecule has 1 aliphatic heterocycles. The average Bonchev–Trinajstić information content (AvgIpc) is 2.71. The Balaban J connectivity index is 1.72. The Labute approximate surface area is 165 Å². The summed E-state index contributed by atoms with van der Waals surface area (Å²) in [5.74, 6) is -0.0195. The Kier molecular flexibility index (Phi) is 5.56. The fraction of sp³-hybridized carbons (Fsp3) is 0.478. The zero-order valence-electron chi connectivity index (χ0n) is 16.6. The van der Waals surface area contributed by atoms with Crippen LogP contribution >= 0.6 is 0 Å². The number of ketones is 1. The summed E-state index contributed by atoms with van der Waals surface area (Å²) in [6.07, 6.45) is 2.46. The predicted molar refractivity (Wildman–Crippen MR) is 107 cm³/mol. The molecule has 0 N–H and O–H groups in total. The SMILES string of the molecule is CCc1c2c(nc(C)c1-c1ccc(F)cc1)CCC(CN1CCOCC1)C2=O. The topological polar surface area (TPSA) is 42.4 Å². The number of halogens is 1. The number of rotatable bonds is 4. The minimum atomic E-state index is -0.257. The van der Waals surface area contributed by atoms with E-state index in [1.165, 1.54) is 12.1 Å². The van der Waals surface area contributed by atoms with Gasteiger partial charge in [-0.25, -0.2) is 4.39 Å². The molecule has 1 saturated heterocycles. The summed E-state index contributed by atoms with van der Waals surface area (Å²) in [6, 6.07) is 6.50. The molecule has 5 heteroatoms. The molecule has 0 amide bonds. The number of aromatic nitrogens is 1. The van der Waals surface area contributed by atoms with Crippen molar-refractivity contribution in [1.82, 2.24) is 9.88 Å². The molecular weight excluding hydrogens is 355 g/mol. The highest BCUT2D eigenvalue weighted by molar-refractivity contribution is 6.03. The largest absolute Gasteiger partial charge is 0.379 e. The molecule has 0 radical (unpaired) electrons. The maximum Gasteiger partial charge on any atom is 0.169 e. The standard InChI is InChI=1S/C23H27FN2O2/c1-3-19-21(16-4-7-18(24)8-5-16)15(2)25-20-9-6-17(23(27)22(19)20)14-26-10-12-28-13-11-26/h4-5,7-8,17H,3,6,9-14H2,1-2H3. The van der Waals surface area contributed by atoms with Crippen LogP contribution in [0.5, 0.6) is 0 Å². The van der Waals surface area contributed by atoms with Crippen LogP contribution < -0.4 is 0 Å². The van der Waals surface area contributed by atoms with Crippen LogP contribution in [0.25, 0.3) is 11.1 Å². The molecule has 1 fully saturated rings. The number of hydrogen-bond acceptors (Lipinski definition) is 4. The summed E-state index contributed by atoms with van der Waals surface area (Å²) >= 11 is 0. The van der Waals surface area contributed by atoms with Gasteiger partial charge in [0.25, 0.3) is 0 Å². The minimum absolute atomic E-state index is 0.0153. The van der Waals surface area contributed by atoms with E-state index in [1.807, 2.05) is 6.92 Å². The number of fused-ring (bicyclic) bond motifs is 1. The van der Waals surface area contributed by atoms with E-state index in [2.05, 4.69) is 11.8 Å². The molecule has 1 aromatic heterocycles. The van der Waals surface area contributed by atoms with E-state index in [4.69, 9.17) is 9.72 Å². The smallest absolute Gasteiger partial charge is 0.169 e. The highest BCUT2D eigenvalue weighted by Gasteiger charge is 2.33. The molecule has 0 bridgehead atoms. The van der Waals surface area contributed by atoms with Gasteiger partial charge in [0.2, 0.25) is 0 Å². The van der Waals surface area contributed by atoms with Gasteiger partial charge in [0.1, 0.15) is 5.82 Å². The highest BCUT2D eigenvalue weighted by Crippen LogP contribution is 2.36. The van der Waals surface area contributed by atoms with Gasteiger partial charge in [0.05, 0.1) is 18.9 Å². The zero-order chi connectivity index (χ0) is 19.7. The first-order valence-corrected chi connectivity index (χ1v) is 10.2. The van der Waals surface area contributed by atoms with Gasteiger partial charge in [-0.05, 0) is 49.4 Å². The maximum atomic E-state index is 13.5. The second kappa shape index (κ2) is 8.10. The first kappa shape index (κ1) is 19.2. The normalized spacial score (nSPS) is 20.2. The molecule has 1 unspecified atom stereocenters. The van der Waals surface area contributed by atoms with E-state index in [9.17, 15) is 9.18 Å². The third kappa shape index (κ3) is 3.61. The van der Waals surface area contributed by atoms with Crippen molar-refractivity contribution in [3.63, 3.8) is 0 Å². The van der Waals surface area contributed by atoms with Crippen molar-refractivity contribution >= 4 is 5.78 Å². The molecule has 2 aliphatic rings. The van der Waals surface area contributed by atoms with E-state index in [-0.39, 0.29) is 17.5 Å². The molecule has 0 saturated carbocycles. The molecule has 0 spiro atoms. The van der Waals surface area contributed by atoms with Crippen LogP contribution in [0.1, 0.15) is 40.7 Å². The van der Waals surface area contributed by atoms with Gasteiger partial charge >= 0.3 is 0 Å². The molecule has 4 rings (SSSR count). The van der Waals surface area contributed by atoms with Crippen molar-refractivity contribution < 1.29 is 13.9 Å². The molecule has 2 heterocycles. The van der Waals surface area contributed by atoms with E-state index in [1.54, 1.807) is 12.1 Å². The van der Waals surface area contributed by atoms with Crippen LogP contribution in [0.2, 0.25) is 0 Å². The average molecular weight is 382 g/mol. The number of benzene rings is 1. The van der Waals surface area contributed by atoms with Crippen LogP contribution in [0, 0.1) is 18.7 Å². The van der Waals surface area contributed by atoms with Crippen LogP contribution in [0.4, 0.5) is 4.39 Å². The Morgan fingerprint density at radius 2 is 1.89 bits per heavy atom. The Morgan fingerprint density at radius 3 is 2.57 bits per heavy atom. The van der Waals surface area contributed by atoms with Gasteiger partial charge in [-0.1, -0.05) is 19.1 Å². The summed E-state index contributed by atoms with van der Waals surface area (Å²) in [5, 5.41) is 0. The molecular formula is C23H27FN2O2.